The van der Waals surface area contributed by atoms with Gasteiger partial charge in [-0.05, 0) is 37.6 Å². The highest BCUT2D eigenvalue weighted by Crippen LogP contribution is 2.25. The largest absolute Gasteiger partial charge is 0.454 e. The van der Waals surface area contributed by atoms with E-state index in [9.17, 15) is 9.59 Å². The van der Waals surface area contributed by atoms with E-state index in [1.54, 1.807) is 0 Å². The normalized spacial score (nSPS) is 11.0. The molecule has 0 atom stereocenters. The van der Waals surface area contributed by atoms with Gasteiger partial charge in [0.25, 0.3) is 5.56 Å². The van der Waals surface area contributed by atoms with Crippen LogP contribution in [0.25, 0.3) is 10.2 Å². The number of H-pyrrole nitrogens is 1. The fourth-order valence-corrected chi connectivity index (χ4v) is 3.83. The molecule has 3 rings (SSSR count). The molecule has 5 nitrogen and oxygen atoms in total. The fourth-order valence-electron chi connectivity index (χ4n) is 2.26. The third-order valence-corrected chi connectivity index (χ3v) is 5.06. The molecule has 1 aromatic carbocycles. The molecule has 2 heterocycles. The summed E-state index contributed by atoms with van der Waals surface area (Å²) in [5.41, 5.74) is 0.915. The van der Waals surface area contributed by atoms with Gasteiger partial charge in [-0.3, -0.25) is 4.79 Å². The van der Waals surface area contributed by atoms with Crippen LogP contribution in [0.1, 0.15) is 26.6 Å². The summed E-state index contributed by atoms with van der Waals surface area (Å²) in [4.78, 5) is 32.9. The van der Waals surface area contributed by atoms with Crippen LogP contribution in [0.3, 0.4) is 0 Å². The summed E-state index contributed by atoms with van der Waals surface area (Å²) in [5.74, 6) is -0.309. The zero-order chi connectivity index (χ0) is 17.4. The maximum Gasteiger partial charge on any atom is 0.338 e. The van der Waals surface area contributed by atoms with Crippen LogP contribution in [-0.4, -0.2) is 15.9 Å². The molecule has 0 radical (unpaired) electrons. The Morgan fingerprint density at radius 2 is 1.92 bits per heavy atom. The molecule has 2 aromatic heterocycles. The van der Waals surface area contributed by atoms with Crippen LogP contribution in [-0.2, 0) is 11.3 Å². The number of aromatic nitrogens is 2. The minimum absolute atomic E-state index is 0.149. The van der Waals surface area contributed by atoms with E-state index in [1.165, 1.54) is 29.5 Å². The number of rotatable bonds is 3. The lowest BCUT2D eigenvalue weighted by atomic mass is 10.2. The summed E-state index contributed by atoms with van der Waals surface area (Å²) in [6.07, 6.45) is 0. The van der Waals surface area contributed by atoms with Gasteiger partial charge in [-0.15, -0.1) is 11.3 Å². The number of thiophene rings is 1. The number of halogens is 2. The second-order valence-electron chi connectivity index (χ2n) is 5.21. The molecule has 0 fully saturated rings. The minimum Gasteiger partial charge on any atom is -0.454 e. The first-order valence-corrected chi connectivity index (χ1v) is 8.54. The Balaban J connectivity index is 1.83. The van der Waals surface area contributed by atoms with E-state index in [4.69, 9.17) is 27.9 Å². The highest BCUT2D eigenvalue weighted by molar-refractivity contribution is 7.18. The Kier molecular flexibility index (Phi) is 4.62. The lowest BCUT2D eigenvalue weighted by molar-refractivity contribution is 0.0462. The molecule has 0 aliphatic carbocycles. The van der Waals surface area contributed by atoms with E-state index in [0.717, 1.165) is 10.4 Å². The van der Waals surface area contributed by atoms with Gasteiger partial charge in [-0.25, -0.2) is 9.78 Å². The monoisotopic (exact) mass is 382 g/mol. The number of hydrogen-bond acceptors (Lipinski definition) is 5. The van der Waals surface area contributed by atoms with Crippen molar-refractivity contribution in [2.45, 2.75) is 20.5 Å². The molecule has 0 unspecified atom stereocenters. The van der Waals surface area contributed by atoms with Crippen LogP contribution in [0.2, 0.25) is 10.0 Å². The number of hydrogen-bond donors (Lipinski definition) is 1. The molecule has 0 bridgehead atoms. The SMILES string of the molecule is Cc1sc2nc(COC(=O)c3cc(Cl)cc(Cl)c3)[nH]c(=O)c2c1C. The van der Waals surface area contributed by atoms with Crippen molar-refractivity contribution >= 4 is 50.7 Å². The van der Waals surface area contributed by atoms with E-state index < -0.39 is 5.97 Å². The van der Waals surface area contributed by atoms with E-state index in [2.05, 4.69) is 9.97 Å². The Hall–Kier alpha value is -1.89. The van der Waals surface area contributed by atoms with Crippen LogP contribution in [0.5, 0.6) is 0 Å². The van der Waals surface area contributed by atoms with E-state index in [0.29, 0.717) is 20.3 Å². The topological polar surface area (TPSA) is 72.0 Å². The van der Waals surface area contributed by atoms with Gasteiger partial charge in [-0.2, -0.15) is 0 Å². The number of aryl methyl sites for hydroxylation is 2. The van der Waals surface area contributed by atoms with Gasteiger partial charge in [-0.1, -0.05) is 23.2 Å². The first-order chi connectivity index (χ1) is 11.3. The maximum atomic E-state index is 12.2. The number of benzene rings is 1. The number of nitrogens with zero attached hydrogens (tertiary/aromatic N) is 1. The average Bonchev–Trinajstić information content (AvgIpc) is 2.79. The van der Waals surface area contributed by atoms with Crippen molar-refractivity contribution in [1.29, 1.82) is 0 Å². The molecule has 3 aromatic rings. The number of carbonyl (C=O) groups is 1. The predicted molar refractivity (Wildman–Crippen MR) is 95.3 cm³/mol. The first kappa shape index (κ1) is 17.0. The maximum absolute atomic E-state index is 12.2. The molecule has 0 saturated carbocycles. The van der Waals surface area contributed by atoms with Gasteiger partial charge in [0.15, 0.2) is 0 Å². The van der Waals surface area contributed by atoms with Crippen molar-refractivity contribution in [3.05, 3.63) is 60.4 Å². The van der Waals surface area contributed by atoms with Crippen molar-refractivity contribution in [2.24, 2.45) is 0 Å². The van der Waals surface area contributed by atoms with Crippen molar-refractivity contribution in [2.75, 3.05) is 0 Å². The summed E-state index contributed by atoms with van der Waals surface area (Å²) in [6, 6.07) is 4.44. The number of esters is 1. The molecule has 8 heteroatoms. The lowest BCUT2D eigenvalue weighted by Crippen LogP contribution is -2.14. The fraction of sp³-hybridized carbons (Fsp3) is 0.188. The molecule has 0 amide bonds. The van der Waals surface area contributed by atoms with Gasteiger partial charge in [0.05, 0.1) is 10.9 Å². The third kappa shape index (κ3) is 3.31. The number of carbonyl (C=O) groups excluding carboxylic acids is 1. The standard InChI is InChI=1S/C16H12Cl2N2O3S/c1-7-8(2)24-15-13(7)14(21)19-12(20-15)6-23-16(22)9-3-10(17)5-11(18)4-9/h3-5H,6H2,1-2H3,(H,19,20,21). The van der Waals surface area contributed by atoms with Gasteiger partial charge in [0.1, 0.15) is 17.3 Å². The quantitative estimate of drug-likeness (QED) is 0.686. The highest BCUT2D eigenvalue weighted by atomic mass is 35.5. The average molecular weight is 383 g/mol. The van der Waals surface area contributed by atoms with Gasteiger partial charge >= 0.3 is 5.97 Å². The van der Waals surface area contributed by atoms with Gasteiger partial charge in [0.2, 0.25) is 0 Å². The molecule has 0 aliphatic rings. The summed E-state index contributed by atoms with van der Waals surface area (Å²) in [7, 11) is 0. The first-order valence-electron chi connectivity index (χ1n) is 6.97. The molecular weight excluding hydrogens is 371 g/mol. The number of aromatic amines is 1. The number of nitrogens with one attached hydrogen (secondary N) is 1. The van der Waals surface area contributed by atoms with Crippen LogP contribution in [0, 0.1) is 13.8 Å². The Bertz CT molecular complexity index is 990. The zero-order valence-corrected chi connectivity index (χ0v) is 15.1. The van der Waals surface area contributed by atoms with Gasteiger partial charge < -0.3 is 9.72 Å². The second kappa shape index (κ2) is 6.55. The molecule has 0 aliphatic heterocycles. The Morgan fingerprint density at radius 1 is 1.25 bits per heavy atom. The van der Waals surface area contributed by atoms with Crippen LogP contribution < -0.4 is 5.56 Å². The molecular formula is C16H12Cl2N2O3S. The second-order valence-corrected chi connectivity index (χ2v) is 7.29. The summed E-state index contributed by atoms with van der Waals surface area (Å²) in [6.45, 7) is 3.67. The Morgan fingerprint density at radius 3 is 2.58 bits per heavy atom. The number of ether oxygens (including phenoxy) is 1. The molecule has 1 N–H and O–H groups in total. The Labute approximate surface area is 151 Å². The van der Waals surface area contributed by atoms with Crippen LogP contribution >= 0.6 is 34.5 Å². The third-order valence-electron chi connectivity index (χ3n) is 3.53. The van der Waals surface area contributed by atoms with Crippen LogP contribution in [0.15, 0.2) is 23.0 Å². The predicted octanol–water partition coefficient (Wildman–Crippen LogP) is 4.27. The summed E-state index contributed by atoms with van der Waals surface area (Å²) in [5, 5.41) is 1.26. The zero-order valence-electron chi connectivity index (χ0n) is 12.8. The molecule has 24 heavy (non-hydrogen) atoms. The van der Waals surface area contributed by atoms with E-state index >= 15 is 0 Å². The van der Waals surface area contributed by atoms with Gasteiger partial charge in [0, 0.05) is 14.9 Å². The van der Waals surface area contributed by atoms with E-state index in [1.807, 2.05) is 13.8 Å². The summed E-state index contributed by atoms with van der Waals surface area (Å²) < 4.78 is 5.18. The number of fused-ring (bicyclic) bond motifs is 1. The lowest BCUT2D eigenvalue weighted by Gasteiger charge is -2.05. The van der Waals surface area contributed by atoms with Crippen molar-refractivity contribution in [3.63, 3.8) is 0 Å². The van der Waals surface area contributed by atoms with Crippen molar-refractivity contribution < 1.29 is 9.53 Å². The van der Waals surface area contributed by atoms with Crippen molar-refractivity contribution in [1.82, 2.24) is 9.97 Å². The highest BCUT2D eigenvalue weighted by Gasteiger charge is 2.14. The summed E-state index contributed by atoms with van der Waals surface area (Å²) >= 11 is 13.2. The molecule has 0 saturated heterocycles. The van der Waals surface area contributed by atoms with Crippen molar-refractivity contribution in [3.8, 4) is 0 Å². The molecule has 124 valence electrons. The smallest absolute Gasteiger partial charge is 0.338 e. The van der Waals surface area contributed by atoms with Crippen LogP contribution in [0.4, 0.5) is 0 Å². The molecule has 0 spiro atoms. The van der Waals surface area contributed by atoms with E-state index in [-0.39, 0.29) is 23.6 Å². The minimum atomic E-state index is -0.597.